The Kier molecular flexibility index (Phi) is 4.56. The van der Waals surface area contributed by atoms with Gasteiger partial charge in [0.1, 0.15) is 0 Å². The Bertz CT molecular complexity index is 604. The first-order valence-electron chi connectivity index (χ1n) is 7.32. The van der Waals surface area contributed by atoms with E-state index in [-0.39, 0.29) is 5.91 Å². The first-order valence-corrected chi connectivity index (χ1v) is 9.01. The molecule has 0 bridgehead atoms. The molecule has 1 amide bonds. The molecule has 3 rings (SSSR count). The minimum absolute atomic E-state index is 0.141. The van der Waals surface area contributed by atoms with Crippen LogP contribution in [-0.4, -0.2) is 17.4 Å². The third-order valence-electron chi connectivity index (χ3n) is 3.77. The van der Waals surface area contributed by atoms with Gasteiger partial charge in [0.25, 0.3) is 5.91 Å². The summed E-state index contributed by atoms with van der Waals surface area (Å²) in [6.45, 7) is 5.05. The van der Waals surface area contributed by atoms with Crippen molar-refractivity contribution in [3.63, 3.8) is 0 Å². The predicted octanol–water partition coefficient (Wildman–Crippen LogP) is 4.52. The topological polar surface area (TPSA) is 20.3 Å². The van der Waals surface area contributed by atoms with Crippen LogP contribution in [0.5, 0.6) is 0 Å². The number of nitrogens with zero attached hydrogens (tertiary/aromatic N) is 1. The average molecular weight is 317 g/mol. The first-order chi connectivity index (χ1) is 10.3. The molecule has 2 heterocycles. The van der Waals surface area contributed by atoms with E-state index in [1.807, 2.05) is 11.0 Å². The zero-order valence-electron chi connectivity index (χ0n) is 12.0. The van der Waals surface area contributed by atoms with Crippen molar-refractivity contribution in [2.45, 2.75) is 32.2 Å². The molecule has 21 heavy (non-hydrogen) atoms. The molecule has 0 fully saturated rings. The van der Waals surface area contributed by atoms with E-state index < -0.39 is 0 Å². The molecular weight excluding hydrogens is 298 g/mol. The maximum Gasteiger partial charge on any atom is 0.264 e. The van der Waals surface area contributed by atoms with E-state index in [4.69, 9.17) is 0 Å². The van der Waals surface area contributed by atoms with Crippen LogP contribution in [0, 0.1) is 0 Å². The van der Waals surface area contributed by atoms with Crippen LogP contribution >= 0.6 is 22.7 Å². The number of aryl methyl sites for hydroxylation is 2. The van der Waals surface area contributed by atoms with Crippen LogP contribution < -0.4 is 0 Å². The lowest BCUT2D eigenvalue weighted by atomic mass is 9.99. The molecule has 1 aliphatic carbocycles. The van der Waals surface area contributed by atoms with Crippen LogP contribution in [0.2, 0.25) is 0 Å². The quantitative estimate of drug-likeness (QED) is 0.743. The summed E-state index contributed by atoms with van der Waals surface area (Å²) in [5, 5.41) is 2.05. The molecular formula is C17H19NOS2. The van der Waals surface area contributed by atoms with Crippen molar-refractivity contribution in [2.75, 3.05) is 6.54 Å². The highest BCUT2D eigenvalue weighted by Crippen LogP contribution is 2.30. The Morgan fingerprint density at radius 2 is 2.24 bits per heavy atom. The Balaban J connectivity index is 1.79. The van der Waals surface area contributed by atoms with Crippen molar-refractivity contribution in [1.82, 2.24) is 4.90 Å². The van der Waals surface area contributed by atoms with Gasteiger partial charge in [0.2, 0.25) is 0 Å². The standard InChI is InChI=1S/C17H19NOS2/c1-2-9-18(12-14-7-5-10-20-14)17(19)16-11-13-6-3-4-8-15(13)21-16/h2,5,7,10-11H,1,3-4,6,8-9,12H2. The fourth-order valence-corrected chi connectivity index (χ4v) is 4.66. The molecule has 2 nitrogen and oxygen atoms in total. The van der Waals surface area contributed by atoms with Crippen molar-refractivity contribution in [3.05, 3.63) is 56.4 Å². The van der Waals surface area contributed by atoms with Gasteiger partial charge in [0, 0.05) is 16.3 Å². The molecule has 0 aliphatic heterocycles. The molecule has 4 heteroatoms. The summed E-state index contributed by atoms with van der Waals surface area (Å²) in [6, 6.07) is 6.22. The molecule has 0 radical (unpaired) electrons. The minimum atomic E-state index is 0.141. The number of carbonyl (C=O) groups excluding carboxylic acids is 1. The maximum absolute atomic E-state index is 12.8. The second-order valence-electron chi connectivity index (χ2n) is 5.32. The molecule has 0 saturated carbocycles. The summed E-state index contributed by atoms with van der Waals surface area (Å²) in [5.74, 6) is 0.141. The van der Waals surface area contributed by atoms with E-state index in [9.17, 15) is 4.79 Å². The SMILES string of the molecule is C=CCN(Cc1cccs1)C(=O)c1cc2c(s1)CCCC2. The molecule has 2 aromatic rings. The maximum atomic E-state index is 12.8. The summed E-state index contributed by atoms with van der Waals surface area (Å²) in [6.07, 6.45) is 6.58. The molecule has 0 spiro atoms. The fraction of sp³-hybridized carbons (Fsp3) is 0.353. The summed E-state index contributed by atoms with van der Waals surface area (Å²) >= 11 is 3.38. The largest absolute Gasteiger partial charge is 0.329 e. The van der Waals surface area contributed by atoms with Gasteiger partial charge in [0.05, 0.1) is 11.4 Å². The molecule has 0 atom stereocenters. The van der Waals surface area contributed by atoms with Gasteiger partial charge in [-0.25, -0.2) is 0 Å². The highest BCUT2D eigenvalue weighted by Gasteiger charge is 2.21. The van der Waals surface area contributed by atoms with Gasteiger partial charge >= 0.3 is 0 Å². The Morgan fingerprint density at radius 3 is 2.95 bits per heavy atom. The van der Waals surface area contributed by atoms with Crippen LogP contribution in [-0.2, 0) is 19.4 Å². The molecule has 2 aromatic heterocycles. The second kappa shape index (κ2) is 6.58. The van der Waals surface area contributed by atoms with Gasteiger partial charge in [-0.3, -0.25) is 4.79 Å². The van der Waals surface area contributed by atoms with Gasteiger partial charge in [0.15, 0.2) is 0 Å². The van der Waals surface area contributed by atoms with Crippen molar-refractivity contribution < 1.29 is 4.79 Å². The third kappa shape index (κ3) is 3.27. The van der Waals surface area contributed by atoms with Gasteiger partial charge in [-0.1, -0.05) is 12.1 Å². The number of thiophene rings is 2. The van der Waals surface area contributed by atoms with Crippen LogP contribution in [0.15, 0.2) is 36.2 Å². The van der Waals surface area contributed by atoms with Crippen LogP contribution in [0.4, 0.5) is 0 Å². The highest BCUT2D eigenvalue weighted by atomic mass is 32.1. The molecule has 1 aliphatic rings. The van der Waals surface area contributed by atoms with E-state index in [2.05, 4.69) is 24.1 Å². The Morgan fingerprint density at radius 1 is 1.38 bits per heavy atom. The van der Waals surface area contributed by atoms with Gasteiger partial charge in [-0.05, 0) is 48.8 Å². The third-order valence-corrected chi connectivity index (χ3v) is 5.86. The van der Waals surface area contributed by atoms with E-state index in [1.54, 1.807) is 28.7 Å². The van der Waals surface area contributed by atoms with Crippen LogP contribution in [0.25, 0.3) is 0 Å². The van der Waals surface area contributed by atoms with Gasteiger partial charge in [-0.15, -0.1) is 29.3 Å². The molecule has 0 unspecified atom stereocenters. The second-order valence-corrected chi connectivity index (χ2v) is 7.49. The molecule has 110 valence electrons. The number of fused-ring (bicyclic) bond motifs is 1. The summed E-state index contributed by atoms with van der Waals surface area (Å²) < 4.78 is 0. The fourth-order valence-electron chi connectivity index (χ4n) is 2.72. The van der Waals surface area contributed by atoms with E-state index >= 15 is 0 Å². The minimum Gasteiger partial charge on any atom is -0.329 e. The first kappa shape index (κ1) is 14.5. The zero-order valence-corrected chi connectivity index (χ0v) is 13.6. The average Bonchev–Trinajstić information content (AvgIpc) is 3.14. The smallest absolute Gasteiger partial charge is 0.264 e. The zero-order chi connectivity index (χ0) is 14.7. The van der Waals surface area contributed by atoms with Gasteiger partial charge in [-0.2, -0.15) is 0 Å². The Hall–Kier alpha value is -1.39. The van der Waals surface area contributed by atoms with E-state index in [0.29, 0.717) is 13.1 Å². The molecule has 0 aromatic carbocycles. The molecule has 0 saturated heterocycles. The summed E-state index contributed by atoms with van der Waals surface area (Å²) in [5.41, 5.74) is 1.39. The van der Waals surface area contributed by atoms with Crippen LogP contribution in [0.1, 0.15) is 37.8 Å². The Labute approximate surface area is 133 Å². The van der Waals surface area contributed by atoms with Crippen molar-refractivity contribution in [3.8, 4) is 0 Å². The van der Waals surface area contributed by atoms with Gasteiger partial charge < -0.3 is 4.90 Å². The molecule has 0 N–H and O–H groups in total. The number of carbonyl (C=O) groups is 1. The lowest BCUT2D eigenvalue weighted by molar-refractivity contribution is 0.0769. The van der Waals surface area contributed by atoms with E-state index in [1.165, 1.54) is 28.2 Å². The summed E-state index contributed by atoms with van der Waals surface area (Å²) in [7, 11) is 0. The summed E-state index contributed by atoms with van der Waals surface area (Å²) in [4.78, 5) is 18.2. The predicted molar refractivity (Wildman–Crippen MR) is 90.2 cm³/mol. The van der Waals surface area contributed by atoms with E-state index in [0.717, 1.165) is 17.7 Å². The monoisotopic (exact) mass is 317 g/mol. The van der Waals surface area contributed by atoms with Crippen molar-refractivity contribution >= 4 is 28.6 Å². The van der Waals surface area contributed by atoms with Crippen molar-refractivity contribution in [1.29, 1.82) is 0 Å². The number of rotatable bonds is 5. The lowest BCUT2D eigenvalue weighted by Gasteiger charge is -2.19. The normalized spacial score (nSPS) is 13.7. The number of amides is 1. The lowest BCUT2D eigenvalue weighted by Crippen LogP contribution is -2.29. The number of hydrogen-bond acceptors (Lipinski definition) is 3. The van der Waals surface area contributed by atoms with Crippen LogP contribution in [0.3, 0.4) is 0 Å². The van der Waals surface area contributed by atoms with Crippen molar-refractivity contribution in [2.24, 2.45) is 0 Å². The highest BCUT2D eigenvalue weighted by molar-refractivity contribution is 7.14. The number of hydrogen-bond donors (Lipinski definition) is 0.